The van der Waals surface area contributed by atoms with E-state index in [4.69, 9.17) is 0 Å². The van der Waals surface area contributed by atoms with E-state index in [0.717, 1.165) is 15.8 Å². The number of rotatable bonds is 2. The summed E-state index contributed by atoms with van der Waals surface area (Å²) in [7, 11) is 4.81. The van der Waals surface area contributed by atoms with Gasteiger partial charge in [-0.05, 0) is 19.1 Å². The summed E-state index contributed by atoms with van der Waals surface area (Å²) in [5, 5.41) is 3.17. The second kappa shape index (κ2) is 4.87. The van der Waals surface area contributed by atoms with Gasteiger partial charge < -0.3 is 9.88 Å². The van der Waals surface area contributed by atoms with E-state index in [-0.39, 0.29) is 5.56 Å². The van der Waals surface area contributed by atoms with Crippen LogP contribution in [0.1, 0.15) is 5.56 Å². The van der Waals surface area contributed by atoms with Crippen LogP contribution in [0.15, 0.2) is 33.9 Å². The largest absolute Gasteiger partial charge is 0.332 e. The number of nitrogens with zero attached hydrogens (tertiary/aromatic N) is 4. The van der Waals surface area contributed by atoms with Crippen LogP contribution in [0.3, 0.4) is 0 Å². The van der Waals surface area contributed by atoms with Crippen molar-refractivity contribution < 1.29 is 0 Å². The van der Waals surface area contributed by atoms with Crippen molar-refractivity contribution in [3.05, 3.63) is 50.7 Å². The highest BCUT2D eigenvalue weighted by Crippen LogP contribution is 2.18. The number of imidazole rings is 1. The fraction of sp³-hybridized carbons (Fsp3) is 0.267. The minimum atomic E-state index is -0.391. The van der Waals surface area contributed by atoms with Gasteiger partial charge in [0.25, 0.3) is 5.56 Å². The molecule has 0 saturated carbocycles. The zero-order valence-corrected chi connectivity index (χ0v) is 12.9. The van der Waals surface area contributed by atoms with E-state index in [2.05, 4.69) is 10.3 Å². The summed E-state index contributed by atoms with van der Waals surface area (Å²) in [5.74, 6) is 0.511. The number of aromatic nitrogens is 4. The molecule has 7 heteroatoms. The van der Waals surface area contributed by atoms with Gasteiger partial charge in [0.05, 0.1) is 0 Å². The maximum atomic E-state index is 12.3. The Morgan fingerprint density at radius 3 is 2.23 bits per heavy atom. The number of aryl methyl sites for hydroxylation is 3. The summed E-state index contributed by atoms with van der Waals surface area (Å²) in [6.07, 6.45) is 0. The first-order valence-corrected chi connectivity index (χ1v) is 6.86. The van der Waals surface area contributed by atoms with Gasteiger partial charge in [0.15, 0.2) is 11.2 Å². The van der Waals surface area contributed by atoms with Crippen molar-refractivity contribution in [2.75, 3.05) is 5.32 Å². The summed E-state index contributed by atoms with van der Waals surface area (Å²) >= 11 is 0. The average molecular weight is 299 g/mol. The maximum absolute atomic E-state index is 12.3. The lowest BCUT2D eigenvalue weighted by Crippen LogP contribution is -2.37. The normalized spacial score (nSPS) is 11.1. The van der Waals surface area contributed by atoms with Crippen molar-refractivity contribution in [2.45, 2.75) is 6.92 Å². The van der Waals surface area contributed by atoms with Crippen LogP contribution in [0.25, 0.3) is 11.2 Å². The summed E-state index contributed by atoms with van der Waals surface area (Å²) in [6.45, 7) is 2.01. The summed E-state index contributed by atoms with van der Waals surface area (Å²) in [6, 6.07) is 7.84. The molecule has 0 atom stereocenters. The molecule has 0 unspecified atom stereocenters. The van der Waals surface area contributed by atoms with E-state index in [1.165, 1.54) is 11.6 Å². The first-order valence-electron chi connectivity index (χ1n) is 6.86. The molecule has 0 spiro atoms. The lowest BCUT2D eigenvalue weighted by molar-refractivity contribution is 0.705. The molecule has 1 aromatic carbocycles. The van der Waals surface area contributed by atoms with Crippen molar-refractivity contribution >= 4 is 22.8 Å². The van der Waals surface area contributed by atoms with Gasteiger partial charge in [-0.15, -0.1) is 0 Å². The molecule has 0 fully saturated rings. The molecule has 0 saturated heterocycles. The first-order chi connectivity index (χ1) is 10.4. The molecule has 0 aliphatic rings. The fourth-order valence-electron chi connectivity index (χ4n) is 2.40. The van der Waals surface area contributed by atoms with Gasteiger partial charge >= 0.3 is 5.69 Å². The molecular weight excluding hydrogens is 282 g/mol. The van der Waals surface area contributed by atoms with Crippen molar-refractivity contribution in [3.63, 3.8) is 0 Å². The van der Waals surface area contributed by atoms with E-state index >= 15 is 0 Å². The molecule has 2 heterocycles. The highest BCUT2D eigenvalue weighted by molar-refractivity contribution is 5.75. The van der Waals surface area contributed by atoms with Gasteiger partial charge in [-0.3, -0.25) is 13.9 Å². The molecule has 2 aromatic heterocycles. The minimum Gasteiger partial charge on any atom is -0.326 e. The third kappa shape index (κ3) is 2.02. The van der Waals surface area contributed by atoms with Crippen LogP contribution in [-0.4, -0.2) is 18.7 Å². The molecule has 3 aromatic rings. The van der Waals surface area contributed by atoms with E-state index in [1.807, 2.05) is 31.2 Å². The molecule has 0 aliphatic heterocycles. The molecule has 0 amide bonds. The van der Waals surface area contributed by atoms with Crippen molar-refractivity contribution in [2.24, 2.45) is 21.1 Å². The number of hydrogen-bond acceptors (Lipinski definition) is 4. The van der Waals surface area contributed by atoms with Crippen molar-refractivity contribution in [1.29, 1.82) is 0 Å². The second-order valence-corrected chi connectivity index (χ2v) is 5.36. The molecule has 0 aliphatic carbocycles. The molecule has 3 rings (SSSR count). The number of nitrogens with one attached hydrogen (secondary N) is 1. The highest BCUT2D eigenvalue weighted by Gasteiger charge is 2.16. The molecular formula is C15H17N5O2. The summed E-state index contributed by atoms with van der Waals surface area (Å²) in [4.78, 5) is 28.7. The Kier molecular flexibility index (Phi) is 3.13. The molecule has 114 valence electrons. The molecule has 0 radical (unpaired) electrons. The van der Waals surface area contributed by atoms with Gasteiger partial charge in [-0.2, -0.15) is 4.98 Å². The van der Waals surface area contributed by atoms with E-state index in [0.29, 0.717) is 17.1 Å². The number of benzene rings is 1. The lowest BCUT2D eigenvalue weighted by atomic mass is 10.2. The van der Waals surface area contributed by atoms with Gasteiger partial charge in [-0.25, -0.2) is 4.79 Å². The van der Waals surface area contributed by atoms with Crippen LogP contribution in [0, 0.1) is 6.92 Å². The second-order valence-electron chi connectivity index (χ2n) is 5.36. The topological polar surface area (TPSA) is 73.8 Å². The predicted molar refractivity (Wildman–Crippen MR) is 85.7 cm³/mol. The van der Waals surface area contributed by atoms with Crippen LogP contribution >= 0.6 is 0 Å². The Hall–Kier alpha value is -2.83. The van der Waals surface area contributed by atoms with Gasteiger partial charge in [-0.1, -0.05) is 17.7 Å². The Bertz CT molecular complexity index is 976. The predicted octanol–water partition coefficient (Wildman–Crippen LogP) is 1.02. The monoisotopic (exact) mass is 299 g/mol. The number of fused-ring (bicyclic) bond motifs is 1. The maximum Gasteiger partial charge on any atom is 0.332 e. The third-order valence-corrected chi connectivity index (χ3v) is 3.78. The standard InChI is InChI=1S/C15H17N5O2/c1-9-5-7-10(8-6-9)16-14-17-12-11(18(14)2)13(21)20(4)15(22)19(12)3/h5-8H,1-4H3,(H,16,17). The Balaban J connectivity index is 2.20. The third-order valence-electron chi connectivity index (χ3n) is 3.78. The summed E-state index contributed by atoms with van der Waals surface area (Å²) < 4.78 is 4.12. The Morgan fingerprint density at radius 2 is 1.59 bits per heavy atom. The van der Waals surface area contributed by atoms with E-state index < -0.39 is 5.69 Å². The minimum absolute atomic E-state index is 0.356. The van der Waals surface area contributed by atoms with Crippen LogP contribution in [0.5, 0.6) is 0 Å². The van der Waals surface area contributed by atoms with Gasteiger partial charge in [0.1, 0.15) is 0 Å². The molecule has 0 bridgehead atoms. The van der Waals surface area contributed by atoms with Crippen LogP contribution in [0.4, 0.5) is 11.6 Å². The molecule has 7 nitrogen and oxygen atoms in total. The quantitative estimate of drug-likeness (QED) is 0.767. The number of anilines is 2. The van der Waals surface area contributed by atoms with Crippen molar-refractivity contribution in [3.8, 4) is 0 Å². The fourth-order valence-corrected chi connectivity index (χ4v) is 2.40. The Morgan fingerprint density at radius 1 is 0.955 bits per heavy atom. The summed E-state index contributed by atoms with van der Waals surface area (Å²) in [5.41, 5.74) is 2.03. The van der Waals surface area contributed by atoms with Crippen LogP contribution in [-0.2, 0) is 21.1 Å². The molecule has 22 heavy (non-hydrogen) atoms. The smallest absolute Gasteiger partial charge is 0.326 e. The Labute approximate surface area is 126 Å². The lowest BCUT2D eigenvalue weighted by Gasteiger charge is -2.06. The highest BCUT2D eigenvalue weighted by atomic mass is 16.2. The van der Waals surface area contributed by atoms with Gasteiger partial charge in [0.2, 0.25) is 5.95 Å². The van der Waals surface area contributed by atoms with Crippen molar-refractivity contribution in [1.82, 2.24) is 18.7 Å². The van der Waals surface area contributed by atoms with E-state index in [9.17, 15) is 9.59 Å². The molecule has 1 N–H and O–H groups in total. The van der Waals surface area contributed by atoms with Gasteiger partial charge in [0, 0.05) is 26.8 Å². The van der Waals surface area contributed by atoms with Crippen LogP contribution < -0.4 is 16.6 Å². The number of hydrogen-bond donors (Lipinski definition) is 1. The zero-order valence-electron chi connectivity index (χ0n) is 12.9. The zero-order chi connectivity index (χ0) is 16.0. The van der Waals surface area contributed by atoms with E-state index in [1.54, 1.807) is 18.7 Å². The first kappa shape index (κ1) is 14.1. The average Bonchev–Trinajstić information content (AvgIpc) is 2.82. The SMILES string of the molecule is Cc1ccc(Nc2nc3c(c(=O)n(C)c(=O)n3C)n2C)cc1. The van der Waals surface area contributed by atoms with Crippen LogP contribution in [0.2, 0.25) is 0 Å².